The van der Waals surface area contributed by atoms with Crippen LogP contribution in [0.25, 0.3) is 0 Å². The lowest BCUT2D eigenvalue weighted by molar-refractivity contribution is 0.102. The molecule has 0 aromatic heterocycles. The van der Waals surface area contributed by atoms with E-state index < -0.39 is 7.12 Å². The fourth-order valence-electron chi connectivity index (χ4n) is 1.58. The summed E-state index contributed by atoms with van der Waals surface area (Å²) in [6.07, 6.45) is 0. The van der Waals surface area contributed by atoms with Gasteiger partial charge in [0.1, 0.15) is 0 Å². The van der Waals surface area contributed by atoms with E-state index in [4.69, 9.17) is 21.6 Å². The summed E-state index contributed by atoms with van der Waals surface area (Å²) in [5.41, 5.74) is 1.28. The molecule has 0 radical (unpaired) electrons. The number of carbonyl (C=O) groups is 1. The van der Waals surface area contributed by atoms with E-state index in [1.54, 1.807) is 42.5 Å². The summed E-state index contributed by atoms with van der Waals surface area (Å²) in [5.74, 6) is -0.291. The third-order valence-electron chi connectivity index (χ3n) is 2.55. The highest BCUT2D eigenvalue weighted by Crippen LogP contribution is 2.12. The van der Waals surface area contributed by atoms with Gasteiger partial charge in [0.2, 0.25) is 0 Å². The molecular weight excluding hydrogens is 264 g/mol. The number of halogens is 1. The molecule has 2 aromatic carbocycles. The highest BCUT2D eigenvalue weighted by molar-refractivity contribution is 6.58. The molecule has 0 saturated heterocycles. The van der Waals surface area contributed by atoms with E-state index in [1.807, 2.05) is 0 Å². The number of rotatable bonds is 3. The van der Waals surface area contributed by atoms with Crippen molar-refractivity contribution in [2.75, 3.05) is 5.32 Å². The van der Waals surface area contributed by atoms with Crippen LogP contribution in [0.3, 0.4) is 0 Å². The zero-order valence-corrected chi connectivity index (χ0v) is 10.6. The highest BCUT2D eigenvalue weighted by atomic mass is 35.5. The minimum Gasteiger partial charge on any atom is -0.423 e. The van der Waals surface area contributed by atoms with Crippen molar-refractivity contribution in [3.63, 3.8) is 0 Å². The smallest absolute Gasteiger partial charge is 0.423 e. The predicted octanol–water partition coefficient (Wildman–Crippen LogP) is 1.27. The Bertz CT molecular complexity index is 587. The molecule has 6 heteroatoms. The summed E-state index contributed by atoms with van der Waals surface area (Å²) in [5, 5.41) is 21.3. The van der Waals surface area contributed by atoms with Crippen LogP contribution in [0.15, 0.2) is 48.5 Å². The maximum absolute atomic E-state index is 11.9. The molecule has 4 nitrogen and oxygen atoms in total. The summed E-state index contributed by atoms with van der Waals surface area (Å²) >= 11 is 5.74. The van der Waals surface area contributed by atoms with Gasteiger partial charge in [0.15, 0.2) is 0 Å². The molecule has 0 fully saturated rings. The minimum atomic E-state index is -1.56. The first kappa shape index (κ1) is 13.6. The predicted molar refractivity (Wildman–Crippen MR) is 75.7 cm³/mol. The van der Waals surface area contributed by atoms with E-state index in [-0.39, 0.29) is 5.91 Å². The number of carbonyl (C=O) groups excluding carboxylic acids is 1. The maximum atomic E-state index is 11.9. The SMILES string of the molecule is O=C(Nc1cccc(B(O)O)c1)c1ccc(Cl)cc1. The highest BCUT2D eigenvalue weighted by Gasteiger charge is 2.12. The van der Waals surface area contributed by atoms with Gasteiger partial charge in [-0.3, -0.25) is 4.79 Å². The summed E-state index contributed by atoms with van der Waals surface area (Å²) < 4.78 is 0. The van der Waals surface area contributed by atoms with E-state index in [1.165, 1.54) is 6.07 Å². The Balaban J connectivity index is 2.14. The van der Waals surface area contributed by atoms with Gasteiger partial charge in [-0.2, -0.15) is 0 Å². The second-order valence-electron chi connectivity index (χ2n) is 3.96. The third kappa shape index (κ3) is 3.57. The van der Waals surface area contributed by atoms with Crippen molar-refractivity contribution in [3.8, 4) is 0 Å². The van der Waals surface area contributed by atoms with Gasteiger partial charge in [0, 0.05) is 16.3 Å². The number of hydrogen-bond acceptors (Lipinski definition) is 3. The van der Waals surface area contributed by atoms with Crippen molar-refractivity contribution >= 4 is 35.8 Å². The Morgan fingerprint density at radius 2 is 1.79 bits per heavy atom. The third-order valence-corrected chi connectivity index (χ3v) is 2.80. The zero-order chi connectivity index (χ0) is 13.8. The lowest BCUT2D eigenvalue weighted by Gasteiger charge is -2.07. The Morgan fingerprint density at radius 1 is 1.11 bits per heavy atom. The average Bonchev–Trinajstić information content (AvgIpc) is 2.39. The molecule has 3 N–H and O–H groups in total. The minimum absolute atomic E-state index is 0.291. The molecule has 0 spiro atoms. The van der Waals surface area contributed by atoms with Crippen molar-refractivity contribution in [2.24, 2.45) is 0 Å². The monoisotopic (exact) mass is 275 g/mol. The summed E-state index contributed by atoms with van der Waals surface area (Å²) in [6.45, 7) is 0. The van der Waals surface area contributed by atoms with E-state index in [0.717, 1.165) is 0 Å². The van der Waals surface area contributed by atoms with Crippen molar-refractivity contribution in [1.29, 1.82) is 0 Å². The molecular formula is C13H11BClNO3. The van der Waals surface area contributed by atoms with Crippen LogP contribution in [-0.2, 0) is 0 Å². The largest absolute Gasteiger partial charge is 0.488 e. The topological polar surface area (TPSA) is 69.6 Å². The molecule has 0 unspecified atom stereocenters. The van der Waals surface area contributed by atoms with Crippen LogP contribution < -0.4 is 10.8 Å². The first-order valence-corrected chi connectivity index (χ1v) is 5.97. The van der Waals surface area contributed by atoms with Crippen LogP contribution in [0.1, 0.15) is 10.4 Å². The molecule has 0 saturated carbocycles. The second-order valence-corrected chi connectivity index (χ2v) is 4.40. The zero-order valence-electron chi connectivity index (χ0n) is 9.88. The first-order chi connectivity index (χ1) is 9.06. The number of amides is 1. The molecule has 0 bridgehead atoms. The number of benzene rings is 2. The van der Waals surface area contributed by atoms with Gasteiger partial charge in [0.05, 0.1) is 0 Å². The molecule has 2 rings (SSSR count). The van der Waals surface area contributed by atoms with Crippen molar-refractivity contribution in [2.45, 2.75) is 0 Å². The van der Waals surface area contributed by atoms with Crippen LogP contribution in [0.5, 0.6) is 0 Å². The van der Waals surface area contributed by atoms with Crippen LogP contribution in [0.2, 0.25) is 5.02 Å². The van der Waals surface area contributed by atoms with Gasteiger partial charge >= 0.3 is 7.12 Å². The summed E-state index contributed by atoms with van der Waals surface area (Å²) in [7, 11) is -1.56. The molecule has 0 aliphatic rings. The second kappa shape index (κ2) is 5.88. The fraction of sp³-hybridized carbons (Fsp3) is 0. The van der Waals surface area contributed by atoms with Crippen molar-refractivity contribution in [1.82, 2.24) is 0 Å². The van der Waals surface area contributed by atoms with E-state index in [2.05, 4.69) is 5.32 Å². The Hall–Kier alpha value is -1.82. The molecule has 96 valence electrons. The van der Waals surface area contributed by atoms with Gasteiger partial charge in [-0.25, -0.2) is 0 Å². The van der Waals surface area contributed by atoms with E-state index in [0.29, 0.717) is 21.7 Å². The van der Waals surface area contributed by atoms with Crippen LogP contribution >= 0.6 is 11.6 Å². The van der Waals surface area contributed by atoms with Crippen LogP contribution in [0, 0.1) is 0 Å². The number of anilines is 1. The molecule has 0 aliphatic carbocycles. The lowest BCUT2D eigenvalue weighted by Crippen LogP contribution is -2.30. The molecule has 19 heavy (non-hydrogen) atoms. The fourth-order valence-corrected chi connectivity index (χ4v) is 1.71. The molecule has 0 aliphatic heterocycles. The standard InChI is InChI=1S/C13H11BClNO3/c15-11-6-4-9(5-7-11)13(17)16-12-3-1-2-10(8-12)14(18)19/h1-8,18-19H,(H,16,17). The lowest BCUT2D eigenvalue weighted by atomic mass is 9.80. The Labute approximate surface area is 115 Å². The quantitative estimate of drug-likeness (QED) is 0.739. The molecule has 2 aromatic rings. The van der Waals surface area contributed by atoms with Gasteiger partial charge in [0.25, 0.3) is 5.91 Å². The molecule has 1 amide bonds. The molecule has 0 atom stereocenters. The molecule has 0 heterocycles. The maximum Gasteiger partial charge on any atom is 0.488 e. The first-order valence-electron chi connectivity index (χ1n) is 5.59. The van der Waals surface area contributed by atoms with Crippen LogP contribution in [0.4, 0.5) is 5.69 Å². The van der Waals surface area contributed by atoms with Gasteiger partial charge < -0.3 is 15.4 Å². The van der Waals surface area contributed by atoms with Gasteiger partial charge in [-0.05, 0) is 41.9 Å². The van der Waals surface area contributed by atoms with E-state index >= 15 is 0 Å². The van der Waals surface area contributed by atoms with Gasteiger partial charge in [-0.15, -0.1) is 0 Å². The Morgan fingerprint density at radius 3 is 2.42 bits per heavy atom. The number of hydrogen-bond donors (Lipinski definition) is 3. The Kier molecular flexibility index (Phi) is 4.22. The van der Waals surface area contributed by atoms with Crippen molar-refractivity contribution in [3.05, 3.63) is 59.1 Å². The van der Waals surface area contributed by atoms with Crippen LogP contribution in [-0.4, -0.2) is 23.1 Å². The summed E-state index contributed by atoms with van der Waals surface area (Å²) in [6, 6.07) is 12.8. The average molecular weight is 276 g/mol. The van der Waals surface area contributed by atoms with E-state index in [9.17, 15) is 4.79 Å². The summed E-state index contributed by atoms with van der Waals surface area (Å²) in [4.78, 5) is 11.9. The van der Waals surface area contributed by atoms with Crippen molar-refractivity contribution < 1.29 is 14.8 Å². The normalized spacial score (nSPS) is 10.1. The number of nitrogens with one attached hydrogen (secondary N) is 1. The van der Waals surface area contributed by atoms with Gasteiger partial charge in [-0.1, -0.05) is 23.7 Å².